The Bertz CT molecular complexity index is 685. The van der Waals surface area contributed by atoms with E-state index in [2.05, 4.69) is 17.2 Å². The van der Waals surface area contributed by atoms with Crippen molar-refractivity contribution in [2.24, 2.45) is 0 Å². The van der Waals surface area contributed by atoms with Crippen molar-refractivity contribution in [3.05, 3.63) is 30.1 Å². The predicted octanol–water partition coefficient (Wildman–Crippen LogP) is 3.51. The van der Waals surface area contributed by atoms with Crippen LogP contribution in [0.4, 0.5) is 0 Å². The number of amides is 1. The van der Waals surface area contributed by atoms with Crippen LogP contribution in [0.3, 0.4) is 0 Å². The largest absolute Gasteiger partial charge is 0.355 e. The van der Waals surface area contributed by atoms with E-state index in [0.717, 1.165) is 34.7 Å². The molecule has 0 spiro atoms. The Kier molecular flexibility index (Phi) is 4.62. The molecule has 0 aliphatic heterocycles. The maximum Gasteiger partial charge on any atom is 0.233 e. The molecule has 1 aromatic carbocycles. The lowest BCUT2D eigenvalue weighted by atomic mass is 10.2. The molecule has 1 amide bonds. The average molecular weight is 315 g/mol. The molecule has 1 aliphatic carbocycles. The van der Waals surface area contributed by atoms with Gasteiger partial charge in [-0.2, -0.15) is 0 Å². The van der Waals surface area contributed by atoms with E-state index in [1.807, 2.05) is 31.2 Å². The van der Waals surface area contributed by atoms with Gasteiger partial charge >= 0.3 is 0 Å². The van der Waals surface area contributed by atoms with E-state index in [-0.39, 0.29) is 11.2 Å². The Hall–Kier alpha value is -1.62. The van der Waals surface area contributed by atoms with Gasteiger partial charge in [0.1, 0.15) is 10.9 Å². The molecule has 22 heavy (non-hydrogen) atoms. The summed E-state index contributed by atoms with van der Waals surface area (Å²) in [6.07, 6.45) is 3.30. The summed E-state index contributed by atoms with van der Waals surface area (Å²) in [6.45, 7) is 4.71. The molecule has 1 aromatic heterocycles. The number of carbonyl (C=O) groups excluding carboxylic acids is 1. The summed E-state index contributed by atoms with van der Waals surface area (Å²) in [7, 11) is 0. The maximum absolute atomic E-state index is 12.1. The van der Waals surface area contributed by atoms with E-state index >= 15 is 0 Å². The molecule has 2 aromatic rings. The van der Waals surface area contributed by atoms with Crippen LogP contribution in [0.2, 0.25) is 0 Å². The van der Waals surface area contributed by atoms with Crippen LogP contribution in [-0.4, -0.2) is 27.7 Å². The van der Waals surface area contributed by atoms with Crippen molar-refractivity contribution in [1.29, 1.82) is 0 Å². The van der Waals surface area contributed by atoms with Crippen molar-refractivity contribution in [1.82, 2.24) is 15.3 Å². The van der Waals surface area contributed by atoms with Crippen LogP contribution in [0.1, 0.15) is 44.9 Å². The summed E-state index contributed by atoms with van der Waals surface area (Å²) in [5.41, 5.74) is 0.975. The molecule has 1 aliphatic rings. The first-order valence-electron chi connectivity index (χ1n) is 7.90. The topological polar surface area (TPSA) is 54.9 Å². The molecule has 116 valence electrons. The van der Waals surface area contributed by atoms with Crippen LogP contribution in [0.25, 0.3) is 10.9 Å². The Morgan fingerprint density at radius 1 is 1.36 bits per heavy atom. The molecule has 0 radical (unpaired) electrons. The Balaban J connectivity index is 1.86. The maximum atomic E-state index is 12.1. The highest BCUT2D eigenvalue weighted by atomic mass is 32.2. The first kappa shape index (κ1) is 15.3. The number of para-hydroxylation sites is 1. The van der Waals surface area contributed by atoms with Gasteiger partial charge in [0.05, 0.1) is 10.8 Å². The van der Waals surface area contributed by atoms with E-state index in [1.54, 1.807) is 0 Å². The minimum atomic E-state index is -0.156. The summed E-state index contributed by atoms with van der Waals surface area (Å²) in [6, 6.07) is 8.05. The number of hydrogen-bond acceptors (Lipinski definition) is 4. The summed E-state index contributed by atoms with van der Waals surface area (Å²) >= 11 is 1.53. The fraction of sp³-hybridized carbons (Fsp3) is 0.471. The molecule has 1 N–H and O–H groups in total. The van der Waals surface area contributed by atoms with Crippen molar-refractivity contribution in [2.75, 3.05) is 6.54 Å². The fourth-order valence-electron chi connectivity index (χ4n) is 2.29. The number of hydrogen-bond donors (Lipinski definition) is 1. The lowest BCUT2D eigenvalue weighted by molar-refractivity contribution is -0.120. The molecule has 4 nitrogen and oxygen atoms in total. The van der Waals surface area contributed by atoms with Crippen molar-refractivity contribution in [2.45, 2.75) is 49.3 Å². The van der Waals surface area contributed by atoms with Gasteiger partial charge in [0, 0.05) is 17.8 Å². The smallest absolute Gasteiger partial charge is 0.233 e. The molecule has 0 bridgehead atoms. The van der Waals surface area contributed by atoms with Gasteiger partial charge in [-0.15, -0.1) is 0 Å². The number of aromatic nitrogens is 2. The molecule has 0 unspecified atom stereocenters. The van der Waals surface area contributed by atoms with Gasteiger partial charge in [0.15, 0.2) is 0 Å². The van der Waals surface area contributed by atoms with E-state index in [4.69, 9.17) is 4.98 Å². The van der Waals surface area contributed by atoms with Gasteiger partial charge in [0.2, 0.25) is 5.91 Å². The van der Waals surface area contributed by atoms with Crippen LogP contribution < -0.4 is 5.32 Å². The monoisotopic (exact) mass is 315 g/mol. The second-order valence-electron chi connectivity index (χ2n) is 5.73. The van der Waals surface area contributed by atoms with Gasteiger partial charge in [-0.05, 0) is 32.3 Å². The number of thioether (sulfide) groups is 1. The van der Waals surface area contributed by atoms with Gasteiger partial charge in [-0.1, -0.05) is 36.9 Å². The highest BCUT2D eigenvalue weighted by molar-refractivity contribution is 8.00. The van der Waals surface area contributed by atoms with E-state index in [1.165, 1.54) is 24.6 Å². The zero-order valence-corrected chi connectivity index (χ0v) is 13.8. The summed E-state index contributed by atoms with van der Waals surface area (Å²) in [4.78, 5) is 21.5. The van der Waals surface area contributed by atoms with Crippen molar-refractivity contribution >= 4 is 28.6 Å². The van der Waals surface area contributed by atoms with Gasteiger partial charge in [0.25, 0.3) is 0 Å². The Morgan fingerprint density at radius 3 is 2.86 bits per heavy atom. The van der Waals surface area contributed by atoms with Crippen LogP contribution in [0.15, 0.2) is 29.3 Å². The Morgan fingerprint density at radius 2 is 2.14 bits per heavy atom. The van der Waals surface area contributed by atoms with Crippen LogP contribution in [0.5, 0.6) is 0 Å². The number of fused-ring (bicyclic) bond motifs is 1. The standard InChI is InChI=1S/C17H21N3OS/c1-3-10-18-16(21)11(2)22-17-13-6-4-5-7-14(13)19-15(20-17)12-8-9-12/h4-7,11-12H,3,8-10H2,1-2H3,(H,18,21)/t11-/m0/s1. The first-order valence-corrected chi connectivity index (χ1v) is 8.78. The van der Waals surface area contributed by atoms with E-state index in [0.29, 0.717) is 5.92 Å². The zero-order valence-electron chi connectivity index (χ0n) is 13.0. The number of nitrogens with one attached hydrogen (secondary N) is 1. The molecular formula is C17H21N3OS. The van der Waals surface area contributed by atoms with Crippen LogP contribution in [-0.2, 0) is 4.79 Å². The molecule has 1 fully saturated rings. The second-order valence-corrected chi connectivity index (χ2v) is 7.06. The summed E-state index contributed by atoms with van der Waals surface area (Å²) in [5, 5.41) is 4.75. The quantitative estimate of drug-likeness (QED) is 0.654. The Labute approximate surface area is 135 Å². The molecule has 1 atom stereocenters. The van der Waals surface area contributed by atoms with Crippen molar-refractivity contribution in [3.8, 4) is 0 Å². The van der Waals surface area contributed by atoms with Crippen LogP contribution >= 0.6 is 11.8 Å². The lowest BCUT2D eigenvalue weighted by Gasteiger charge is -2.13. The minimum absolute atomic E-state index is 0.0718. The van der Waals surface area contributed by atoms with Gasteiger partial charge in [-0.3, -0.25) is 4.79 Å². The number of benzene rings is 1. The fourth-order valence-corrected chi connectivity index (χ4v) is 3.26. The normalized spacial score (nSPS) is 15.7. The van der Waals surface area contributed by atoms with Gasteiger partial charge in [-0.25, -0.2) is 9.97 Å². The summed E-state index contributed by atoms with van der Waals surface area (Å²) < 4.78 is 0. The molecule has 1 saturated carbocycles. The highest BCUT2D eigenvalue weighted by Crippen LogP contribution is 2.40. The SMILES string of the molecule is CCCNC(=O)[C@H](C)Sc1nc(C2CC2)nc2ccccc12. The molecule has 1 heterocycles. The third-order valence-electron chi connectivity index (χ3n) is 3.73. The number of carbonyl (C=O) groups is 1. The zero-order chi connectivity index (χ0) is 15.5. The molecule has 0 saturated heterocycles. The lowest BCUT2D eigenvalue weighted by Crippen LogP contribution is -2.31. The van der Waals surface area contributed by atoms with Crippen LogP contribution in [0, 0.1) is 0 Å². The average Bonchev–Trinajstić information content (AvgIpc) is 3.37. The van der Waals surface area contributed by atoms with E-state index in [9.17, 15) is 4.79 Å². The molecule has 3 rings (SSSR count). The minimum Gasteiger partial charge on any atom is -0.355 e. The second kappa shape index (κ2) is 6.65. The van der Waals surface area contributed by atoms with Crippen molar-refractivity contribution < 1.29 is 4.79 Å². The third kappa shape index (κ3) is 3.40. The number of rotatable bonds is 6. The first-order chi connectivity index (χ1) is 10.7. The van der Waals surface area contributed by atoms with Crippen molar-refractivity contribution in [3.63, 3.8) is 0 Å². The highest BCUT2D eigenvalue weighted by Gasteiger charge is 2.28. The predicted molar refractivity (Wildman–Crippen MR) is 90.1 cm³/mol. The molecular weight excluding hydrogens is 294 g/mol. The third-order valence-corrected chi connectivity index (χ3v) is 4.84. The number of nitrogens with zero attached hydrogens (tertiary/aromatic N) is 2. The van der Waals surface area contributed by atoms with Gasteiger partial charge < -0.3 is 5.32 Å². The summed E-state index contributed by atoms with van der Waals surface area (Å²) in [5.74, 6) is 1.51. The molecule has 5 heteroatoms. The van der Waals surface area contributed by atoms with E-state index < -0.39 is 0 Å².